The second-order valence-corrected chi connectivity index (χ2v) is 11.2. The second kappa shape index (κ2) is 10.8. The maximum Gasteiger partial charge on any atom is 0.334 e. The number of carbonyl (C=O) groups is 1. The molecule has 11 heteroatoms. The molecule has 1 unspecified atom stereocenters. The number of nitrogens with one attached hydrogen (secondary N) is 2. The number of aryl methyl sites for hydroxylation is 3. The summed E-state index contributed by atoms with van der Waals surface area (Å²) in [7, 11) is -2.40. The van der Waals surface area contributed by atoms with E-state index in [4.69, 9.17) is 0 Å². The zero-order valence-corrected chi connectivity index (χ0v) is 23.8. The average Bonchev–Trinajstić information content (AvgIpc) is 3.54. The number of rotatable bonds is 6. The predicted molar refractivity (Wildman–Crippen MR) is 138 cm³/mol. The third-order valence-electron chi connectivity index (χ3n) is 7.40. The summed E-state index contributed by atoms with van der Waals surface area (Å²) < 4.78 is 32.4. The molecule has 1 aliphatic heterocycles. The largest absolute Gasteiger partial charge is 0.334 e. The summed E-state index contributed by atoms with van der Waals surface area (Å²) in [4.78, 5) is 15.4. The van der Waals surface area contributed by atoms with Gasteiger partial charge in [-0.3, -0.25) is 4.68 Å². The number of fused-ring (bicyclic) bond motifs is 2. The molecular formula is C24H34N6NaO3S. The molecule has 1 aromatic heterocycles. The number of aromatic nitrogens is 2. The molecule has 2 aliphatic carbocycles. The Balaban J connectivity index is 0.00000289. The van der Waals surface area contributed by atoms with Crippen molar-refractivity contribution in [3.63, 3.8) is 0 Å². The van der Waals surface area contributed by atoms with Gasteiger partial charge < -0.3 is 10.2 Å². The summed E-state index contributed by atoms with van der Waals surface area (Å²) in [6, 6.07) is 1.32. The molecule has 9 nitrogen and oxygen atoms in total. The van der Waals surface area contributed by atoms with E-state index in [0.29, 0.717) is 12.2 Å². The van der Waals surface area contributed by atoms with Gasteiger partial charge in [0.15, 0.2) is 0 Å². The fourth-order valence-electron chi connectivity index (χ4n) is 5.85. The summed E-state index contributed by atoms with van der Waals surface area (Å²) in [6.07, 6.45) is 10.9. The Morgan fingerprint density at radius 3 is 2.43 bits per heavy atom. The van der Waals surface area contributed by atoms with E-state index in [1.807, 2.05) is 0 Å². The molecule has 3 aliphatic rings. The summed E-state index contributed by atoms with van der Waals surface area (Å²) in [5.41, 5.74) is 6.21. The summed E-state index contributed by atoms with van der Waals surface area (Å²) in [5.74, 6) is 0. The maximum absolute atomic E-state index is 13.6. The van der Waals surface area contributed by atoms with Crippen molar-refractivity contribution in [2.75, 3.05) is 29.3 Å². The van der Waals surface area contributed by atoms with Gasteiger partial charge in [-0.25, -0.2) is 13.8 Å². The van der Waals surface area contributed by atoms with Crippen LogP contribution < -0.4 is 14.3 Å². The molecule has 0 spiro atoms. The number of hydrogen-bond acceptors (Lipinski definition) is 5. The molecule has 1 saturated heterocycles. The Bertz CT molecular complexity index is 1170. The zero-order chi connectivity index (χ0) is 23.9. The van der Waals surface area contributed by atoms with Crippen LogP contribution in [0.4, 0.5) is 16.2 Å². The van der Waals surface area contributed by atoms with Crippen LogP contribution in [0.3, 0.4) is 0 Å². The number of urea groups is 1. The number of piperidine rings is 1. The molecule has 35 heavy (non-hydrogen) atoms. The van der Waals surface area contributed by atoms with E-state index in [0.717, 1.165) is 70.1 Å². The molecule has 1 atom stereocenters. The van der Waals surface area contributed by atoms with Crippen LogP contribution in [-0.2, 0) is 42.9 Å². The molecule has 2 aromatic rings. The molecule has 0 bridgehead atoms. The molecule has 1 aromatic carbocycles. The van der Waals surface area contributed by atoms with Crippen LogP contribution in [0, 0.1) is 0 Å². The van der Waals surface area contributed by atoms with Crippen molar-refractivity contribution in [3.05, 3.63) is 40.7 Å². The van der Waals surface area contributed by atoms with Crippen LogP contribution in [0.1, 0.15) is 54.9 Å². The van der Waals surface area contributed by atoms with E-state index in [-0.39, 0.29) is 35.6 Å². The van der Waals surface area contributed by atoms with Crippen molar-refractivity contribution in [3.8, 4) is 0 Å². The SMILES string of the molecule is CCN1CCCC(N(c2cnn(C)c2)S(=O)(=O)NC(=O)Nc2c3c(cc4c2CCC4)CCC3)C1.[Na]. The van der Waals surface area contributed by atoms with Crippen molar-refractivity contribution in [2.45, 2.75) is 64.3 Å². The van der Waals surface area contributed by atoms with Crippen LogP contribution in [0.15, 0.2) is 18.5 Å². The number of amides is 2. The molecular weight excluding hydrogens is 475 g/mol. The Kier molecular flexibility index (Phi) is 8.17. The number of likely N-dealkylation sites (N-methyl/N-ethyl adjacent to an activating group) is 1. The number of anilines is 2. The van der Waals surface area contributed by atoms with Gasteiger partial charge in [-0.1, -0.05) is 13.0 Å². The zero-order valence-electron chi connectivity index (χ0n) is 21.0. The van der Waals surface area contributed by atoms with E-state index >= 15 is 0 Å². The average molecular weight is 510 g/mol. The molecule has 2 N–H and O–H groups in total. The minimum Gasteiger partial charge on any atom is -0.307 e. The van der Waals surface area contributed by atoms with Gasteiger partial charge in [0.2, 0.25) is 0 Å². The quantitative estimate of drug-likeness (QED) is 0.583. The monoisotopic (exact) mass is 509 g/mol. The van der Waals surface area contributed by atoms with Gasteiger partial charge in [-0.15, -0.1) is 0 Å². The molecule has 1 fully saturated rings. The first kappa shape index (κ1) is 26.5. The van der Waals surface area contributed by atoms with Crippen molar-refractivity contribution >= 4 is 57.2 Å². The predicted octanol–water partition coefficient (Wildman–Crippen LogP) is 2.37. The first-order chi connectivity index (χ1) is 16.4. The Labute approximate surface area is 230 Å². The third kappa shape index (κ3) is 5.41. The number of carbonyl (C=O) groups excluding carboxylic acids is 1. The van der Waals surface area contributed by atoms with Gasteiger partial charge in [0.05, 0.1) is 17.9 Å². The summed E-state index contributed by atoms with van der Waals surface area (Å²) >= 11 is 0. The molecule has 2 amide bonds. The van der Waals surface area contributed by atoms with E-state index in [1.54, 1.807) is 24.1 Å². The maximum atomic E-state index is 13.6. The summed E-state index contributed by atoms with van der Waals surface area (Å²) in [5, 5.41) is 7.13. The molecule has 1 radical (unpaired) electrons. The van der Waals surface area contributed by atoms with Gasteiger partial charge in [0.25, 0.3) is 0 Å². The molecule has 2 heterocycles. The fraction of sp³-hybridized carbons (Fsp3) is 0.583. The first-order valence-electron chi connectivity index (χ1n) is 12.4. The molecule has 185 valence electrons. The van der Waals surface area contributed by atoms with Crippen LogP contribution >= 0.6 is 0 Å². The van der Waals surface area contributed by atoms with E-state index in [1.165, 1.54) is 26.6 Å². The van der Waals surface area contributed by atoms with Crippen molar-refractivity contribution in [1.82, 2.24) is 19.4 Å². The van der Waals surface area contributed by atoms with Gasteiger partial charge in [0.1, 0.15) is 0 Å². The van der Waals surface area contributed by atoms with Crippen molar-refractivity contribution in [1.29, 1.82) is 0 Å². The van der Waals surface area contributed by atoms with Crippen molar-refractivity contribution < 1.29 is 13.2 Å². The van der Waals surface area contributed by atoms with E-state index in [9.17, 15) is 13.2 Å². The molecule has 0 saturated carbocycles. The van der Waals surface area contributed by atoms with E-state index in [2.05, 4.69) is 33.0 Å². The fourth-order valence-corrected chi connectivity index (χ4v) is 7.17. The number of hydrogen-bond donors (Lipinski definition) is 2. The van der Waals surface area contributed by atoms with Gasteiger partial charge in [0, 0.05) is 55.0 Å². The topological polar surface area (TPSA) is 99.6 Å². The minimum atomic E-state index is -4.15. The van der Waals surface area contributed by atoms with Crippen LogP contribution in [0.25, 0.3) is 0 Å². The Morgan fingerprint density at radius 1 is 1.14 bits per heavy atom. The molecule has 5 rings (SSSR count). The number of benzene rings is 1. The normalized spacial score (nSPS) is 19.5. The minimum absolute atomic E-state index is 0. The number of nitrogens with zero attached hydrogens (tertiary/aromatic N) is 4. The van der Waals surface area contributed by atoms with Crippen LogP contribution in [0.2, 0.25) is 0 Å². The van der Waals surface area contributed by atoms with Gasteiger partial charge in [-0.2, -0.15) is 13.5 Å². The Hall–Kier alpha value is -1.59. The van der Waals surface area contributed by atoms with E-state index < -0.39 is 16.2 Å². The standard InChI is InChI=1S/C24H34N6O3S.Na/c1-3-29-12-6-9-19(16-29)30(20-14-25-28(2)15-20)34(32,33)27-24(31)26-23-21-10-4-7-17(21)13-18-8-5-11-22(18)23;/h13-15,19H,3-12,16H2,1-2H3,(H2,26,27,31);. The van der Waals surface area contributed by atoms with Gasteiger partial charge >= 0.3 is 16.2 Å². The van der Waals surface area contributed by atoms with Gasteiger partial charge in [-0.05, 0) is 86.7 Å². The van der Waals surface area contributed by atoms with Crippen LogP contribution in [-0.4, -0.2) is 84.4 Å². The summed E-state index contributed by atoms with van der Waals surface area (Å²) in [6.45, 7) is 4.50. The smallest absolute Gasteiger partial charge is 0.307 e. The Morgan fingerprint density at radius 2 is 1.83 bits per heavy atom. The second-order valence-electron chi connectivity index (χ2n) is 9.65. The third-order valence-corrected chi connectivity index (χ3v) is 8.87. The van der Waals surface area contributed by atoms with Crippen molar-refractivity contribution in [2.24, 2.45) is 7.05 Å². The first-order valence-corrected chi connectivity index (χ1v) is 13.8. The number of likely N-dealkylation sites (tertiary alicyclic amines) is 1. The van der Waals surface area contributed by atoms with Crippen LogP contribution in [0.5, 0.6) is 0 Å².